The van der Waals surface area contributed by atoms with Gasteiger partial charge < -0.3 is 25.1 Å². The van der Waals surface area contributed by atoms with Gasteiger partial charge in [0.05, 0.1) is 25.1 Å². The van der Waals surface area contributed by atoms with Crippen LogP contribution in [-0.2, 0) is 4.79 Å². The summed E-state index contributed by atoms with van der Waals surface area (Å²) in [7, 11) is 0. The quantitative estimate of drug-likeness (QED) is 0.550. The summed E-state index contributed by atoms with van der Waals surface area (Å²) in [6, 6.07) is 17.6. The first-order valence-electron chi connectivity index (χ1n) is 8.86. The van der Waals surface area contributed by atoms with Crippen molar-refractivity contribution in [2.45, 2.75) is 6.92 Å². The van der Waals surface area contributed by atoms with E-state index in [-0.39, 0.29) is 24.1 Å². The highest BCUT2D eigenvalue weighted by Crippen LogP contribution is 2.23. The van der Waals surface area contributed by atoms with Gasteiger partial charge in [0, 0.05) is 11.4 Å². The van der Waals surface area contributed by atoms with Gasteiger partial charge in [-0.2, -0.15) is 0 Å². The number of para-hydroxylation sites is 2. The Morgan fingerprint density at radius 2 is 1.79 bits per heavy atom. The van der Waals surface area contributed by atoms with Crippen LogP contribution in [0.15, 0.2) is 71.3 Å². The largest absolute Gasteiger partial charge is 0.492 e. The SMILES string of the molecule is CCOc1ccccc1NC(=O)CNc1cccc(NC(=O)c2ccco2)c1. The normalized spacial score (nSPS) is 10.2. The smallest absolute Gasteiger partial charge is 0.291 e. The third-order valence-corrected chi connectivity index (χ3v) is 3.78. The zero-order valence-electron chi connectivity index (χ0n) is 15.4. The van der Waals surface area contributed by atoms with Crippen LogP contribution in [0.2, 0.25) is 0 Å². The van der Waals surface area contributed by atoms with Gasteiger partial charge in [0.2, 0.25) is 5.91 Å². The maximum absolute atomic E-state index is 12.2. The van der Waals surface area contributed by atoms with E-state index in [4.69, 9.17) is 9.15 Å². The van der Waals surface area contributed by atoms with Gasteiger partial charge >= 0.3 is 0 Å². The van der Waals surface area contributed by atoms with Crippen LogP contribution in [0.25, 0.3) is 0 Å². The molecule has 2 aromatic carbocycles. The van der Waals surface area contributed by atoms with Gasteiger partial charge in [-0.25, -0.2) is 0 Å². The van der Waals surface area contributed by atoms with Crippen LogP contribution in [0.5, 0.6) is 5.75 Å². The molecule has 1 aromatic heterocycles. The van der Waals surface area contributed by atoms with Crippen molar-refractivity contribution in [2.75, 3.05) is 29.1 Å². The number of furan rings is 1. The predicted molar refractivity (Wildman–Crippen MR) is 108 cm³/mol. The first-order valence-corrected chi connectivity index (χ1v) is 8.86. The maximum Gasteiger partial charge on any atom is 0.291 e. The van der Waals surface area contributed by atoms with Gasteiger partial charge in [0.1, 0.15) is 5.75 Å². The highest BCUT2D eigenvalue weighted by Gasteiger charge is 2.10. The van der Waals surface area contributed by atoms with E-state index < -0.39 is 0 Å². The molecule has 0 aliphatic heterocycles. The molecule has 0 spiro atoms. The second-order valence-corrected chi connectivity index (χ2v) is 5.84. The summed E-state index contributed by atoms with van der Waals surface area (Å²) in [5.41, 5.74) is 1.91. The van der Waals surface area contributed by atoms with Gasteiger partial charge in [-0.15, -0.1) is 0 Å². The van der Waals surface area contributed by atoms with Crippen LogP contribution in [0, 0.1) is 0 Å². The fourth-order valence-corrected chi connectivity index (χ4v) is 2.54. The topological polar surface area (TPSA) is 92.6 Å². The minimum absolute atomic E-state index is 0.0655. The summed E-state index contributed by atoms with van der Waals surface area (Å²) in [5.74, 6) is 0.302. The monoisotopic (exact) mass is 379 g/mol. The molecule has 3 aromatic rings. The summed E-state index contributed by atoms with van der Waals surface area (Å²) < 4.78 is 10.6. The van der Waals surface area contributed by atoms with Crippen LogP contribution in [0.3, 0.4) is 0 Å². The van der Waals surface area contributed by atoms with E-state index in [2.05, 4.69) is 16.0 Å². The molecular weight excluding hydrogens is 358 g/mol. The third kappa shape index (κ3) is 5.14. The van der Waals surface area contributed by atoms with E-state index >= 15 is 0 Å². The van der Waals surface area contributed by atoms with Gasteiger partial charge in [0.25, 0.3) is 5.91 Å². The van der Waals surface area contributed by atoms with Crippen molar-refractivity contribution in [2.24, 2.45) is 0 Å². The van der Waals surface area contributed by atoms with Crippen molar-refractivity contribution >= 4 is 28.9 Å². The van der Waals surface area contributed by atoms with E-state index in [0.717, 1.165) is 0 Å². The summed E-state index contributed by atoms with van der Waals surface area (Å²) in [5, 5.41) is 8.60. The Hall–Kier alpha value is -3.74. The lowest BCUT2D eigenvalue weighted by atomic mass is 10.2. The fraction of sp³-hybridized carbons (Fsp3) is 0.143. The molecule has 144 valence electrons. The average molecular weight is 379 g/mol. The van der Waals surface area contributed by atoms with Crippen LogP contribution in [-0.4, -0.2) is 25.0 Å². The Labute approximate surface area is 162 Å². The number of carbonyl (C=O) groups is 2. The summed E-state index contributed by atoms with van der Waals surface area (Å²) in [6.07, 6.45) is 1.44. The Balaban J connectivity index is 1.56. The van der Waals surface area contributed by atoms with E-state index in [9.17, 15) is 9.59 Å². The molecule has 0 radical (unpaired) electrons. The first kappa shape index (κ1) is 19.0. The Kier molecular flexibility index (Phi) is 6.30. The standard InChI is InChI=1S/C21H21N3O4/c1-2-27-18-10-4-3-9-17(18)24-20(25)14-22-15-7-5-8-16(13-15)23-21(26)19-11-6-12-28-19/h3-13,22H,2,14H2,1H3,(H,23,26)(H,24,25). The van der Waals surface area contributed by atoms with Crippen molar-refractivity contribution in [1.82, 2.24) is 0 Å². The van der Waals surface area contributed by atoms with Gasteiger partial charge in [0.15, 0.2) is 5.76 Å². The van der Waals surface area contributed by atoms with Gasteiger partial charge in [-0.05, 0) is 49.4 Å². The molecule has 0 aliphatic carbocycles. The molecule has 0 atom stereocenters. The molecule has 0 fully saturated rings. The minimum Gasteiger partial charge on any atom is -0.492 e. The Morgan fingerprint density at radius 3 is 2.57 bits per heavy atom. The molecule has 0 saturated carbocycles. The van der Waals surface area contributed by atoms with E-state index in [0.29, 0.717) is 29.4 Å². The molecular formula is C21H21N3O4. The summed E-state index contributed by atoms with van der Waals surface area (Å²) in [4.78, 5) is 24.3. The highest BCUT2D eigenvalue weighted by molar-refractivity contribution is 6.02. The lowest BCUT2D eigenvalue weighted by Crippen LogP contribution is -2.22. The zero-order valence-corrected chi connectivity index (χ0v) is 15.4. The average Bonchev–Trinajstić information content (AvgIpc) is 3.23. The molecule has 3 N–H and O–H groups in total. The molecule has 0 unspecified atom stereocenters. The van der Waals surface area contributed by atoms with Crippen molar-refractivity contribution in [3.05, 3.63) is 72.7 Å². The van der Waals surface area contributed by atoms with E-state index in [1.165, 1.54) is 6.26 Å². The number of ether oxygens (including phenoxy) is 1. The number of nitrogens with one attached hydrogen (secondary N) is 3. The first-order chi connectivity index (χ1) is 13.7. The highest BCUT2D eigenvalue weighted by atomic mass is 16.5. The van der Waals surface area contributed by atoms with Crippen LogP contribution >= 0.6 is 0 Å². The molecule has 1 heterocycles. The lowest BCUT2D eigenvalue weighted by Gasteiger charge is -2.12. The van der Waals surface area contributed by atoms with Crippen LogP contribution < -0.4 is 20.7 Å². The molecule has 3 rings (SSSR count). The predicted octanol–water partition coefficient (Wildman–Crippen LogP) is 3.98. The lowest BCUT2D eigenvalue weighted by molar-refractivity contribution is -0.114. The molecule has 2 amide bonds. The van der Waals surface area contributed by atoms with Crippen molar-refractivity contribution < 1.29 is 18.7 Å². The molecule has 0 bridgehead atoms. The van der Waals surface area contributed by atoms with Crippen molar-refractivity contribution in [3.8, 4) is 5.75 Å². The number of anilines is 3. The Morgan fingerprint density at radius 1 is 0.964 bits per heavy atom. The van der Waals surface area contributed by atoms with E-state index in [1.54, 1.807) is 42.5 Å². The molecule has 7 heteroatoms. The number of carbonyl (C=O) groups excluding carboxylic acids is 2. The minimum atomic E-state index is -0.340. The molecule has 28 heavy (non-hydrogen) atoms. The number of amides is 2. The number of benzene rings is 2. The summed E-state index contributed by atoms with van der Waals surface area (Å²) in [6.45, 7) is 2.47. The number of rotatable bonds is 8. The van der Waals surface area contributed by atoms with Crippen molar-refractivity contribution in [3.63, 3.8) is 0 Å². The van der Waals surface area contributed by atoms with Crippen LogP contribution in [0.4, 0.5) is 17.1 Å². The molecule has 0 aliphatic rings. The molecule has 0 saturated heterocycles. The van der Waals surface area contributed by atoms with Crippen LogP contribution in [0.1, 0.15) is 17.5 Å². The molecule has 7 nitrogen and oxygen atoms in total. The Bertz CT molecular complexity index is 938. The van der Waals surface area contributed by atoms with Gasteiger partial charge in [-0.1, -0.05) is 18.2 Å². The maximum atomic E-state index is 12.2. The number of hydrogen-bond donors (Lipinski definition) is 3. The number of hydrogen-bond acceptors (Lipinski definition) is 5. The van der Waals surface area contributed by atoms with Crippen molar-refractivity contribution in [1.29, 1.82) is 0 Å². The second kappa shape index (κ2) is 9.27. The van der Waals surface area contributed by atoms with Gasteiger partial charge in [-0.3, -0.25) is 9.59 Å². The summed E-state index contributed by atoms with van der Waals surface area (Å²) >= 11 is 0. The fourth-order valence-electron chi connectivity index (χ4n) is 2.54. The zero-order chi connectivity index (χ0) is 19.8. The second-order valence-electron chi connectivity index (χ2n) is 5.84. The van der Waals surface area contributed by atoms with E-state index in [1.807, 2.05) is 25.1 Å². The third-order valence-electron chi connectivity index (χ3n) is 3.78.